The van der Waals surface area contributed by atoms with Gasteiger partial charge in [-0.2, -0.15) is 0 Å². The van der Waals surface area contributed by atoms with E-state index < -0.39 is 23.3 Å². The monoisotopic (exact) mass is 252 g/mol. The van der Waals surface area contributed by atoms with Crippen molar-refractivity contribution < 1.29 is 19.1 Å². The Morgan fingerprint density at radius 1 is 1.33 bits per heavy atom. The van der Waals surface area contributed by atoms with E-state index in [0.29, 0.717) is 5.69 Å². The molecule has 1 aromatic carbocycles. The number of anilines is 1. The quantitative estimate of drug-likeness (QED) is 0.744. The fourth-order valence-electron chi connectivity index (χ4n) is 2.13. The molecule has 0 aromatic heterocycles. The zero-order valence-electron chi connectivity index (χ0n) is 9.52. The molecule has 2 rings (SSSR count). The Bertz CT molecular complexity index is 481. The van der Waals surface area contributed by atoms with Crippen LogP contribution in [0.3, 0.4) is 0 Å². The van der Waals surface area contributed by atoms with Gasteiger partial charge < -0.3 is 16.2 Å². The molecule has 6 heteroatoms. The van der Waals surface area contributed by atoms with Crippen molar-refractivity contribution in [1.82, 2.24) is 0 Å². The molecule has 0 unspecified atom stereocenters. The van der Waals surface area contributed by atoms with E-state index in [9.17, 15) is 14.0 Å². The van der Waals surface area contributed by atoms with E-state index in [4.69, 9.17) is 10.8 Å². The van der Waals surface area contributed by atoms with Gasteiger partial charge in [-0.1, -0.05) is 0 Å². The SMILES string of the molecule is NC(=O)C1(Nc2ccc(F)cc2)CC(C(=O)O)C1. The Balaban J connectivity index is 2.12. The number of primary amides is 1. The van der Waals surface area contributed by atoms with Gasteiger partial charge in [-0.3, -0.25) is 9.59 Å². The van der Waals surface area contributed by atoms with Crippen molar-refractivity contribution in [3.05, 3.63) is 30.1 Å². The summed E-state index contributed by atoms with van der Waals surface area (Å²) in [6, 6.07) is 5.47. The lowest BCUT2D eigenvalue weighted by Gasteiger charge is -2.44. The van der Waals surface area contributed by atoms with E-state index >= 15 is 0 Å². The molecule has 1 aromatic rings. The van der Waals surface area contributed by atoms with Crippen molar-refractivity contribution in [2.24, 2.45) is 11.7 Å². The summed E-state index contributed by atoms with van der Waals surface area (Å²) < 4.78 is 12.7. The average molecular weight is 252 g/mol. The molecule has 0 heterocycles. The molecule has 0 atom stereocenters. The minimum absolute atomic E-state index is 0.148. The summed E-state index contributed by atoms with van der Waals surface area (Å²) in [5.41, 5.74) is 4.80. The van der Waals surface area contributed by atoms with E-state index in [-0.39, 0.29) is 18.7 Å². The first-order valence-corrected chi connectivity index (χ1v) is 5.49. The number of aliphatic carboxylic acids is 1. The summed E-state index contributed by atoms with van der Waals surface area (Å²) in [7, 11) is 0. The summed E-state index contributed by atoms with van der Waals surface area (Å²) in [5, 5.41) is 11.7. The van der Waals surface area contributed by atoms with Crippen molar-refractivity contribution in [3.63, 3.8) is 0 Å². The van der Waals surface area contributed by atoms with Crippen molar-refractivity contribution >= 4 is 17.6 Å². The maximum Gasteiger partial charge on any atom is 0.306 e. The topological polar surface area (TPSA) is 92.4 Å². The molecule has 1 saturated carbocycles. The van der Waals surface area contributed by atoms with Crippen LogP contribution in [-0.2, 0) is 9.59 Å². The van der Waals surface area contributed by atoms with E-state index in [1.54, 1.807) is 0 Å². The fourth-order valence-corrected chi connectivity index (χ4v) is 2.13. The summed E-state index contributed by atoms with van der Waals surface area (Å²) in [4.78, 5) is 22.2. The van der Waals surface area contributed by atoms with Crippen LogP contribution in [-0.4, -0.2) is 22.5 Å². The van der Waals surface area contributed by atoms with Crippen molar-refractivity contribution in [2.45, 2.75) is 18.4 Å². The Kier molecular flexibility index (Phi) is 2.94. The Hall–Kier alpha value is -2.11. The second-order valence-electron chi connectivity index (χ2n) is 4.52. The first-order valence-electron chi connectivity index (χ1n) is 5.49. The van der Waals surface area contributed by atoms with Gasteiger partial charge in [0.1, 0.15) is 11.4 Å². The molecule has 0 bridgehead atoms. The van der Waals surface area contributed by atoms with Gasteiger partial charge in [-0.05, 0) is 37.1 Å². The van der Waals surface area contributed by atoms with Crippen molar-refractivity contribution in [1.29, 1.82) is 0 Å². The molecule has 1 amide bonds. The number of carboxylic acid groups (broad SMARTS) is 1. The smallest absolute Gasteiger partial charge is 0.306 e. The lowest BCUT2D eigenvalue weighted by Crippen LogP contribution is -2.60. The molecule has 1 aliphatic rings. The fraction of sp³-hybridized carbons (Fsp3) is 0.333. The third-order valence-corrected chi connectivity index (χ3v) is 3.24. The predicted octanol–water partition coefficient (Wildman–Crippen LogP) is 0.956. The first-order chi connectivity index (χ1) is 8.43. The van der Waals surface area contributed by atoms with E-state index in [1.807, 2.05) is 0 Å². The van der Waals surface area contributed by atoms with Gasteiger partial charge >= 0.3 is 5.97 Å². The Morgan fingerprint density at radius 2 is 1.89 bits per heavy atom. The molecule has 1 aliphatic carbocycles. The number of nitrogens with two attached hydrogens (primary N) is 1. The van der Waals surface area contributed by atoms with Gasteiger partial charge in [-0.25, -0.2) is 4.39 Å². The highest BCUT2D eigenvalue weighted by Gasteiger charge is 2.52. The van der Waals surface area contributed by atoms with E-state index in [1.165, 1.54) is 24.3 Å². The van der Waals surface area contributed by atoms with Crippen LogP contribution in [0.25, 0.3) is 0 Å². The summed E-state index contributed by atoms with van der Waals surface area (Å²) >= 11 is 0. The number of rotatable bonds is 4. The molecule has 96 valence electrons. The number of hydrogen-bond donors (Lipinski definition) is 3. The van der Waals surface area contributed by atoms with Gasteiger partial charge in [0.2, 0.25) is 5.91 Å². The van der Waals surface area contributed by atoms with Crippen LogP contribution >= 0.6 is 0 Å². The van der Waals surface area contributed by atoms with Crippen molar-refractivity contribution in [2.75, 3.05) is 5.32 Å². The molecule has 0 spiro atoms. The van der Waals surface area contributed by atoms with Crippen LogP contribution in [0.2, 0.25) is 0 Å². The van der Waals surface area contributed by atoms with Crippen LogP contribution < -0.4 is 11.1 Å². The molecule has 1 fully saturated rings. The van der Waals surface area contributed by atoms with E-state index in [2.05, 4.69) is 5.32 Å². The molecular weight excluding hydrogens is 239 g/mol. The molecule has 18 heavy (non-hydrogen) atoms. The Morgan fingerprint density at radius 3 is 2.33 bits per heavy atom. The van der Waals surface area contributed by atoms with Gasteiger partial charge in [-0.15, -0.1) is 0 Å². The third kappa shape index (κ3) is 2.13. The summed E-state index contributed by atoms with van der Waals surface area (Å²) in [6.07, 6.45) is 0.296. The predicted molar refractivity (Wildman–Crippen MR) is 62.3 cm³/mol. The van der Waals surface area contributed by atoms with Crippen LogP contribution in [0.15, 0.2) is 24.3 Å². The highest BCUT2D eigenvalue weighted by atomic mass is 19.1. The number of nitrogens with one attached hydrogen (secondary N) is 1. The third-order valence-electron chi connectivity index (χ3n) is 3.24. The minimum atomic E-state index is -1.04. The molecule has 0 radical (unpaired) electrons. The highest BCUT2D eigenvalue weighted by Crippen LogP contribution is 2.40. The zero-order chi connectivity index (χ0) is 13.3. The lowest BCUT2D eigenvalue weighted by molar-refractivity contribution is -0.148. The number of carbonyl (C=O) groups excluding carboxylic acids is 1. The van der Waals surface area contributed by atoms with Gasteiger partial charge in [0.15, 0.2) is 0 Å². The molecule has 0 saturated heterocycles. The maximum absolute atomic E-state index is 12.7. The van der Waals surface area contributed by atoms with Crippen molar-refractivity contribution in [3.8, 4) is 0 Å². The second-order valence-corrected chi connectivity index (χ2v) is 4.52. The molecule has 5 nitrogen and oxygen atoms in total. The van der Waals surface area contributed by atoms with Crippen LogP contribution in [0.4, 0.5) is 10.1 Å². The number of carboxylic acids is 1. The maximum atomic E-state index is 12.7. The molecular formula is C12H13FN2O3. The molecule has 0 aliphatic heterocycles. The number of halogens is 1. The summed E-state index contributed by atoms with van der Waals surface area (Å²) in [6.45, 7) is 0. The van der Waals surface area contributed by atoms with Crippen LogP contribution in [0.1, 0.15) is 12.8 Å². The number of benzene rings is 1. The highest BCUT2D eigenvalue weighted by molar-refractivity contribution is 5.91. The molecule has 4 N–H and O–H groups in total. The minimum Gasteiger partial charge on any atom is -0.481 e. The zero-order valence-corrected chi connectivity index (χ0v) is 9.52. The van der Waals surface area contributed by atoms with Gasteiger partial charge in [0.25, 0.3) is 0 Å². The normalized spacial score (nSPS) is 26.2. The number of carbonyl (C=O) groups is 2. The first kappa shape index (κ1) is 12.3. The number of hydrogen-bond acceptors (Lipinski definition) is 3. The standard InChI is InChI=1S/C12H13FN2O3/c13-8-1-3-9(4-2-8)15-12(11(14)18)5-7(6-12)10(16)17/h1-4,7,15H,5-6H2,(H2,14,18)(H,16,17). The lowest BCUT2D eigenvalue weighted by atomic mass is 9.67. The Labute approximate surface area is 103 Å². The van der Waals surface area contributed by atoms with Gasteiger partial charge in [0, 0.05) is 5.69 Å². The second kappa shape index (κ2) is 4.29. The largest absolute Gasteiger partial charge is 0.481 e. The van der Waals surface area contributed by atoms with E-state index in [0.717, 1.165) is 0 Å². The summed E-state index contributed by atoms with van der Waals surface area (Å²) in [5.74, 6) is -2.48. The average Bonchev–Trinajstić information content (AvgIpc) is 2.24. The number of amides is 1. The van der Waals surface area contributed by atoms with Gasteiger partial charge in [0.05, 0.1) is 5.92 Å². The van der Waals surface area contributed by atoms with Crippen LogP contribution in [0.5, 0.6) is 0 Å². The van der Waals surface area contributed by atoms with Crippen LogP contribution in [0, 0.1) is 11.7 Å².